The van der Waals surface area contributed by atoms with Crippen molar-refractivity contribution in [2.24, 2.45) is 0 Å². The molecule has 4 rings (SSSR count). The number of anilines is 1. The number of hydrogen-bond acceptors (Lipinski definition) is 7. The highest BCUT2D eigenvalue weighted by Gasteiger charge is 2.29. The van der Waals surface area contributed by atoms with Gasteiger partial charge in [-0.15, -0.1) is 0 Å². The largest absolute Gasteiger partial charge is 0.482 e. The molecule has 10 nitrogen and oxygen atoms in total. The van der Waals surface area contributed by atoms with Gasteiger partial charge in [0.25, 0.3) is 11.8 Å². The highest BCUT2D eigenvalue weighted by molar-refractivity contribution is 6.01. The van der Waals surface area contributed by atoms with Crippen molar-refractivity contribution in [3.8, 4) is 5.75 Å². The second kappa shape index (κ2) is 8.58. The summed E-state index contributed by atoms with van der Waals surface area (Å²) in [5.41, 5.74) is 0.893. The summed E-state index contributed by atoms with van der Waals surface area (Å²) in [7, 11) is 0. The number of ketones is 1. The van der Waals surface area contributed by atoms with Crippen molar-refractivity contribution in [1.29, 1.82) is 0 Å². The Labute approximate surface area is 177 Å². The average Bonchev–Trinajstić information content (AvgIpc) is 3.13. The van der Waals surface area contributed by atoms with Crippen molar-refractivity contribution in [1.82, 2.24) is 15.6 Å². The first kappa shape index (κ1) is 20.6. The smallest absolute Gasteiger partial charge is 0.273 e. The van der Waals surface area contributed by atoms with Gasteiger partial charge in [0.2, 0.25) is 11.8 Å². The van der Waals surface area contributed by atoms with E-state index in [1.165, 1.54) is 18.1 Å². The van der Waals surface area contributed by atoms with Crippen LogP contribution in [0.25, 0.3) is 0 Å². The Hall–Kier alpha value is -3.69. The molecule has 2 aromatic rings. The number of benzene rings is 1. The minimum atomic E-state index is -0.618. The first-order chi connectivity index (χ1) is 14.9. The number of nitrogens with one attached hydrogen (secondary N) is 2. The van der Waals surface area contributed by atoms with Crippen molar-refractivity contribution < 1.29 is 28.3 Å². The van der Waals surface area contributed by atoms with Crippen LogP contribution in [-0.4, -0.2) is 47.7 Å². The number of amides is 3. The van der Waals surface area contributed by atoms with Crippen LogP contribution < -0.4 is 20.3 Å². The van der Waals surface area contributed by atoms with Crippen LogP contribution in [0, 0.1) is 0 Å². The molecule has 1 saturated heterocycles. The van der Waals surface area contributed by atoms with Crippen LogP contribution in [0.3, 0.4) is 0 Å². The van der Waals surface area contributed by atoms with E-state index in [-0.39, 0.29) is 42.3 Å². The SMILES string of the molecule is CC(=O)c1ccc2c(c1)N(Cc1nc(C(=O)NC3CCCCNC3=O)co1)C(=O)CO2. The van der Waals surface area contributed by atoms with Gasteiger partial charge < -0.3 is 19.8 Å². The monoisotopic (exact) mass is 426 g/mol. The van der Waals surface area contributed by atoms with Gasteiger partial charge in [0, 0.05) is 12.1 Å². The number of nitrogens with zero attached hydrogens (tertiary/aromatic N) is 2. The van der Waals surface area contributed by atoms with Crippen molar-refractivity contribution in [3.05, 3.63) is 41.6 Å². The molecule has 2 aliphatic rings. The molecular weight excluding hydrogens is 404 g/mol. The number of Topliss-reactive ketones (excluding diaryl/α,β-unsaturated/α-hetero) is 1. The summed E-state index contributed by atoms with van der Waals surface area (Å²) in [6.45, 7) is 1.84. The van der Waals surface area contributed by atoms with Crippen LogP contribution in [0.2, 0.25) is 0 Å². The molecule has 1 aromatic heterocycles. The number of aromatic nitrogens is 1. The van der Waals surface area contributed by atoms with Gasteiger partial charge in [0.05, 0.1) is 5.69 Å². The molecule has 0 aliphatic carbocycles. The first-order valence-electron chi connectivity index (χ1n) is 10.0. The maximum atomic E-state index is 12.5. The van der Waals surface area contributed by atoms with E-state index in [4.69, 9.17) is 9.15 Å². The van der Waals surface area contributed by atoms with Crippen LogP contribution in [-0.2, 0) is 16.1 Å². The predicted molar refractivity (Wildman–Crippen MR) is 108 cm³/mol. The first-order valence-corrected chi connectivity index (χ1v) is 10.0. The number of oxazole rings is 1. The van der Waals surface area contributed by atoms with Crippen molar-refractivity contribution in [2.45, 2.75) is 38.8 Å². The van der Waals surface area contributed by atoms with Gasteiger partial charge in [-0.05, 0) is 44.4 Å². The quantitative estimate of drug-likeness (QED) is 0.687. The molecule has 1 aromatic carbocycles. The lowest BCUT2D eigenvalue weighted by Crippen LogP contribution is -2.45. The lowest BCUT2D eigenvalue weighted by molar-refractivity contribution is -0.123. The van der Waals surface area contributed by atoms with E-state index in [2.05, 4.69) is 15.6 Å². The normalized spacial score (nSPS) is 18.5. The number of carbonyl (C=O) groups is 4. The molecule has 3 heterocycles. The zero-order valence-electron chi connectivity index (χ0n) is 17.0. The van der Waals surface area contributed by atoms with E-state index in [1.807, 2.05) is 0 Å². The number of hydrogen-bond donors (Lipinski definition) is 2. The molecule has 3 amide bonds. The number of carbonyl (C=O) groups excluding carboxylic acids is 4. The summed E-state index contributed by atoms with van der Waals surface area (Å²) in [4.78, 5) is 54.3. The average molecular weight is 426 g/mol. The third-order valence-electron chi connectivity index (χ3n) is 5.23. The molecule has 31 heavy (non-hydrogen) atoms. The van der Waals surface area contributed by atoms with E-state index >= 15 is 0 Å². The molecule has 1 atom stereocenters. The maximum Gasteiger partial charge on any atom is 0.273 e. The highest BCUT2D eigenvalue weighted by atomic mass is 16.5. The topological polar surface area (TPSA) is 131 Å². The van der Waals surface area contributed by atoms with Crippen LogP contribution in [0.1, 0.15) is 52.9 Å². The fraction of sp³-hybridized carbons (Fsp3) is 0.381. The van der Waals surface area contributed by atoms with Gasteiger partial charge in [-0.1, -0.05) is 0 Å². The van der Waals surface area contributed by atoms with Crippen LogP contribution in [0.4, 0.5) is 5.69 Å². The van der Waals surface area contributed by atoms with Crippen LogP contribution >= 0.6 is 0 Å². The minimum Gasteiger partial charge on any atom is -0.482 e. The van der Waals surface area contributed by atoms with Gasteiger partial charge in [-0.25, -0.2) is 4.98 Å². The Bertz CT molecular complexity index is 1050. The van der Waals surface area contributed by atoms with Gasteiger partial charge in [-0.3, -0.25) is 24.1 Å². The fourth-order valence-electron chi connectivity index (χ4n) is 3.53. The number of ether oxygens (including phenoxy) is 1. The Morgan fingerprint density at radius 1 is 1.29 bits per heavy atom. The van der Waals surface area contributed by atoms with E-state index in [9.17, 15) is 19.2 Å². The van der Waals surface area contributed by atoms with Crippen molar-refractivity contribution in [2.75, 3.05) is 18.1 Å². The molecule has 2 aliphatic heterocycles. The molecule has 10 heteroatoms. The Morgan fingerprint density at radius 2 is 2.13 bits per heavy atom. The zero-order valence-corrected chi connectivity index (χ0v) is 17.0. The zero-order chi connectivity index (χ0) is 22.0. The summed E-state index contributed by atoms with van der Waals surface area (Å²) in [5, 5.41) is 5.43. The predicted octanol–water partition coefficient (Wildman–Crippen LogP) is 1.20. The lowest BCUT2D eigenvalue weighted by Gasteiger charge is -2.28. The standard InChI is InChI=1S/C21H22N4O6/c1-12(26)13-5-6-17-16(8-13)25(19(27)11-30-17)9-18-23-15(10-31-18)21(29)24-14-4-2-3-7-22-20(14)28/h5-6,8,10,14H,2-4,7,9,11H2,1H3,(H,22,28)(H,24,29). The van der Waals surface area contributed by atoms with Gasteiger partial charge in [-0.2, -0.15) is 0 Å². The summed E-state index contributed by atoms with van der Waals surface area (Å²) < 4.78 is 10.8. The van der Waals surface area contributed by atoms with E-state index in [0.717, 1.165) is 12.8 Å². The van der Waals surface area contributed by atoms with Crippen molar-refractivity contribution in [3.63, 3.8) is 0 Å². The van der Waals surface area contributed by atoms with Crippen LogP contribution in [0.5, 0.6) is 5.75 Å². The molecular formula is C21H22N4O6. The molecule has 0 bridgehead atoms. The van der Waals surface area contributed by atoms with E-state index < -0.39 is 11.9 Å². The minimum absolute atomic E-state index is 0.0189. The summed E-state index contributed by atoms with van der Waals surface area (Å²) in [6.07, 6.45) is 3.44. The molecule has 0 saturated carbocycles. The Balaban J connectivity index is 1.49. The third kappa shape index (κ3) is 4.42. The molecule has 0 spiro atoms. The number of rotatable bonds is 5. The van der Waals surface area contributed by atoms with E-state index in [0.29, 0.717) is 30.0 Å². The highest BCUT2D eigenvalue weighted by Crippen LogP contribution is 2.34. The molecule has 1 fully saturated rings. The number of fused-ring (bicyclic) bond motifs is 1. The van der Waals surface area contributed by atoms with Gasteiger partial charge >= 0.3 is 0 Å². The molecule has 162 valence electrons. The fourth-order valence-corrected chi connectivity index (χ4v) is 3.53. The third-order valence-corrected chi connectivity index (χ3v) is 5.23. The second-order valence-electron chi connectivity index (χ2n) is 7.45. The lowest BCUT2D eigenvalue weighted by atomic mass is 10.1. The second-order valence-corrected chi connectivity index (χ2v) is 7.45. The maximum absolute atomic E-state index is 12.5. The molecule has 1 unspecified atom stereocenters. The Morgan fingerprint density at radius 3 is 2.94 bits per heavy atom. The van der Waals surface area contributed by atoms with Gasteiger partial charge in [0.15, 0.2) is 18.1 Å². The van der Waals surface area contributed by atoms with E-state index in [1.54, 1.807) is 18.2 Å². The van der Waals surface area contributed by atoms with Crippen LogP contribution in [0.15, 0.2) is 28.9 Å². The Kier molecular flexibility index (Phi) is 5.70. The summed E-state index contributed by atoms with van der Waals surface area (Å²) in [6, 6.07) is 4.23. The summed E-state index contributed by atoms with van der Waals surface area (Å²) in [5.74, 6) is -0.597. The van der Waals surface area contributed by atoms with Crippen molar-refractivity contribution >= 4 is 29.2 Å². The summed E-state index contributed by atoms with van der Waals surface area (Å²) >= 11 is 0. The molecule has 0 radical (unpaired) electrons. The molecule has 2 N–H and O–H groups in total. The van der Waals surface area contributed by atoms with Gasteiger partial charge in [0.1, 0.15) is 24.6 Å².